The molecule has 3 rings (SSSR count). The third-order valence-corrected chi connectivity index (χ3v) is 4.66. The summed E-state index contributed by atoms with van der Waals surface area (Å²) in [5.41, 5.74) is 8.70. The minimum absolute atomic E-state index is 0.0568. The molecule has 3 nitrogen and oxygen atoms in total. The number of aliphatic imine (C=N–C) groups is 1. The van der Waals surface area contributed by atoms with Crippen molar-refractivity contribution in [2.24, 2.45) is 16.6 Å². The molecule has 1 aliphatic heterocycles. The molecule has 1 aromatic carbocycles. The zero-order valence-corrected chi connectivity index (χ0v) is 11.9. The van der Waals surface area contributed by atoms with Gasteiger partial charge in [-0.1, -0.05) is 37.5 Å². The summed E-state index contributed by atoms with van der Waals surface area (Å²) in [6.45, 7) is 5.27. The molecule has 1 unspecified atom stereocenters. The van der Waals surface area contributed by atoms with E-state index < -0.39 is 0 Å². The number of hydrogen-bond donors (Lipinski definition) is 1. The van der Waals surface area contributed by atoms with Crippen molar-refractivity contribution in [3.63, 3.8) is 0 Å². The van der Waals surface area contributed by atoms with Gasteiger partial charge in [0.15, 0.2) is 5.96 Å². The molecule has 0 saturated heterocycles. The van der Waals surface area contributed by atoms with E-state index in [1.807, 2.05) is 0 Å². The van der Waals surface area contributed by atoms with E-state index in [-0.39, 0.29) is 5.54 Å². The molecule has 1 aliphatic carbocycles. The molecule has 0 radical (unpaired) electrons. The molecule has 2 N–H and O–H groups in total. The number of rotatable bonds is 3. The molecule has 19 heavy (non-hydrogen) atoms. The van der Waals surface area contributed by atoms with Gasteiger partial charge in [-0.15, -0.1) is 0 Å². The fourth-order valence-corrected chi connectivity index (χ4v) is 3.37. The molecule has 0 amide bonds. The highest BCUT2D eigenvalue weighted by molar-refractivity contribution is 5.98. The first-order valence-corrected chi connectivity index (χ1v) is 7.26. The second-order valence-corrected chi connectivity index (χ2v) is 6.29. The summed E-state index contributed by atoms with van der Waals surface area (Å²) in [4.78, 5) is 6.78. The molecule has 1 aromatic rings. The van der Waals surface area contributed by atoms with Crippen LogP contribution in [0.1, 0.15) is 38.2 Å². The quantitative estimate of drug-likeness (QED) is 0.904. The monoisotopic (exact) mass is 257 g/mol. The first kappa shape index (κ1) is 12.5. The van der Waals surface area contributed by atoms with Crippen LogP contribution >= 0.6 is 0 Å². The van der Waals surface area contributed by atoms with Gasteiger partial charge in [-0.25, -0.2) is 0 Å². The van der Waals surface area contributed by atoms with Crippen LogP contribution in [0.5, 0.6) is 0 Å². The number of nitrogens with zero attached hydrogens (tertiary/aromatic N) is 2. The maximum Gasteiger partial charge on any atom is 0.196 e. The average Bonchev–Trinajstić information content (AvgIpc) is 2.62. The van der Waals surface area contributed by atoms with Crippen LogP contribution in [-0.4, -0.2) is 18.0 Å². The lowest BCUT2D eigenvalue weighted by atomic mass is 9.76. The van der Waals surface area contributed by atoms with Crippen molar-refractivity contribution >= 4 is 11.6 Å². The number of anilines is 1. The third kappa shape index (κ3) is 2.11. The maximum absolute atomic E-state index is 6.17. The molecule has 1 fully saturated rings. The Bertz CT molecular complexity index is 504. The molecule has 0 bridgehead atoms. The minimum Gasteiger partial charge on any atom is -0.369 e. The van der Waals surface area contributed by atoms with E-state index in [9.17, 15) is 0 Å². The predicted octanol–water partition coefficient (Wildman–Crippen LogP) is 3.08. The molecular formula is C16H23N3. The zero-order valence-electron chi connectivity index (χ0n) is 11.9. The van der Waals surface area contributed by atoms with E-state index in [2.05, 4.69) is 48.0 Å². The Morgan fingerprint density at radius 3 is 2.74 bits per heavy atom. The summed E-state index contributed by atoms with van der Waals surface area (Å²) >= 11 is 0. The number of hydrogen-bond acceptors (Lipinski definition) is 3. The van der Waals surface area contributed by atoms with E-state index in [0.717, 1.165) is 12.5 Å². The van der Waals surface area contributed by atoms with Crippen LogP contribution in [0.4, 0.5) is 5.69 Å². The predicted molar refractivity (Wildman–Crippen MR) is 80.5 cm³/mol. The summed E-state index contributed by atoms with van der Waals surface area (Å²) in [5, 5.41) is 0. The van der Waals surface area contributed by atoms with Gasteiger partial charge >= 0.3 is 0 Å². The number of aryl methyl sites for hydroxylation is 1. The van der Waals surface area contributed by atoms with Crippen molar-refractivity contribution in [1.29, 1.82) is 0 Å². The first-order chi connectivity index (χ1) is 9.10. The normalized spacial score (nSPS) is 27.3. The van der Waals surface area contributed by atoms with Gasteiger partial charge in [-0.3, -0.25) is 4.99 Å². The molecule has 0 spiro atoms. The topological polar surface area (TPSA) is 41.6 Å². The standard InChI is InChI=1S/C16H23N3/c1-12-6-3-4-9-14(12)19-15(17)18-11-16(19,2)10-13-7-5-8-13/h3-4,6,9,13H,5,7-8,10-11H2,1-2H3,(H2,17,18). The molecule has 3 heteroatoms. The van der Waals surface area contributed by atoms with E-state index in [0.29, 0.717) is 5.96 Å². The summed E-state index contributed by atoms with van der Waals surface area (Å²) in [7, 11) is 0. The van der Waals surface area contributed by atoms with Gasteiger partial charge in [-0.2, -0.15) is 0 Å². The fraction of sp³-hybridized carbons (Fsp3) is 0.562. The molecule has 2 aliphatic rings. The molecular weight excluding hydrogens is 234 g/mol. The summed E-state index contributed by atoms with van der Waals surface area (Å²) in [6.07, 6.45) is 5.33. The zero-order chi connectivity index (χ0) is 13.5. The van der Waals surface area contributed by atoms with E-state index in [1.54, 1.807) is 0 Å². The summed E-state index contributed by atoms with van der Waals surface area (Å²) in [5.74, 6) is 1.54. The van der Waals surface area contributed by atoms with Crippen molar-refractivity contribution < 1.29 is 0 Å². The van der Waals surface area contributed by atoms with Crippen LogP contribution in [0.3, 0.4) is 0 Å². The SMILES string of the molecule is Cc1ccccc1N1C(N)=NCC1(C)CC1CCC1. The van der Waals surface area contributed by atoms with Crippen molar-refractivity contribution in [3.8, 4) is 0 Å². The lowest BCUT2D eigenvalue weighted by Crippen LogP contribution is -2.51. The van der Waals surface area contributed by atoms with Gasteiger partial charge in [0, 0.05) is 5.69 Å². The van der Waals surface area contributed by atoms with Crippen molar-refractivity contribution in [2.75, 3.05) is 11.4 Å². The Morgan fingerprint density at radius 2 is 2.11 bits per heavy atom. The Morgan fingerprint density at radius 1 is 1.37 bits per heavy atom. The van der Waals surface area contributed by atoms with Crippen LogP contribution in [0.2, 0.25) is 0 Å². The Hall–Kier alpha value is -1.51. The van der Waals surface area contributed by atoms with Gasteiger partial charge in [0.05, 0.1) is 12.1 Å². The van der Waals surface area contributed by atoms with Gasteiger partial charge in [0.1, 0.15) is 0 Å². The highest BCUT2D eigenvalue weighted by Gasteiger charge is 2.41. The first-order valence-electron chi connectivity index (χ1n) is 7.26. The van der Waals surface area contributed by atoms with Gasteiger partial charge in [-0.05, 0) is 37.8 Å². The molecule has 0 aromatic heterocycles. The molecule has 1 atom stereocenters. The summed E-state index contributed by atoms with van der Waals surface area (Å²) < 4.78 is 0. The fourth-order valence-electron chi connectivity index (χ4n) is 3.37. The number of benzene rings is 1. The maximum atomic E-state index is 6.17. The second kappa shape index (κ2) is 4.55. The van der Waals surface area contributed by atoms with Gasteiger partial charge in [0.25, 0.3) is 0 Å². The lowest BCUT2D eigenvalue weighted by Gasteiger charge is -2.41. The summed E-state index contributed by atoms with van der Waals surface area (Å²) in [6, 6.07) is 8.45. The number of guanidine groups is 1. The van der Waals surface area contributed by atoms with Crippen molar-refractivity contribution in [1.82, 2.24) is 0 Å². The van der Waals surface area contributed by atoms with Crippen LogP contribution in [0.15, 0.2) is 29.3 Å². The van der Waals surface area contributed by atoms with Crippen LogP contribution in [-0.2, 0) is 0 Å². The van der Waals surface area contributed by atoms with Gasteiger partial charge < -0.3 is 10.6 Å². The average molecular weight is 257 g/mol. The van der Waals surface area contributed by atoms with E-state index in [1.165, 1.54) is 36.9 Å². The van der Waals surface area contributed by atoms with E-state index >= 15 is 0 Å². The van der Waals surface area contributed by atoms with Crippen LogP contribution in [0.25, 0.3) is 0 Å². The van der Waals surface area contributed by atoms with Crippen LogP contribution < -0.4 is 10.6 Å². The van der Waals surface area contributed by atoms with Crippen LogP contribution in [0, 0.1) is 12.8 Å². The molecule has 1 heterocycles. The Kier molecular flexibility index (Phi) is 3.00. The Labute approximate surface area is 115 Å². The van der Waals surface area contributed by atoms with E-state index in [4.69, 9.17) is 5.73 Å². The molecule has 102 valence electrons. The second-order valence-electron chi connectivity index (χ2n) is 6.29. The third-order valence-electron chi connectivity index (χ3n) is 4.66. The lowest BCUT2D eigenvalue weighted by molar-refractivity contribution is 0.243. The highest BCUT2D eigenvalue weighted by atomic mass is 15.4. The Balaban J connectivity index is 1.91. The number of para-hydroxylation sites is 1. The minimum atomic E-state index is 0.0568. The highest BCUT2D eigenvalue weighted by Crippen LogP contribution is 2.40. The van der Waals surface area contributed by atoms with Crippen molar-refractivity contribution in [3.05, 3.63) is 29.8 Å². The van der Waals surface area contributed by atoms with Gasteiger partial charge in [0.2, 0.25) is 0 Å². The number of nitrogens with two attached hydrogens (primary N) is 1. The smallest absolute Gasteiger partial charge is 0.196 e. The van der Waals surface area contributed by atoms with Crippen molar-refractivity contribution in [2.45, 2.75) is 45.1 Å². The molecule has 1 saturated carbocycles. The largest absolute Gasteiger partial charge is 0.369 e.